The Morgan fingerprint density at radius 3 is 2.75 bits per heavy atom. The van der Waals surface area contributed by atoms with E-state index in [1.54, 1.807) is 27.2 Å². The van der Waals surface area contributed by atoms with Crippen molar-refractivity contribution < 1.29 is 9.59 Å². The number of amides is 2. The lowest BCUT2D eigenvalue weighted by molar-refractivity contribution is -0.124. The lowest BCUT2D eigenvalue weighted by Gasteiger charge is -2.20. The van der Waals surface area contributed by atoms with Crippen molar-refractivity contribution in [3.8, 4) is 0 Å². The van der Waals surface area contributed by atoms with Gasteiger partial charge >= 0.3 is 6.03 Å². The Morgan fingerprint density at radius 2 is 2.25 bits per heavy atom. The van der Waals surface area contributed by atoms with E-state index >= 15 is 0 Å². The number of nitrogens with one attached hydrogen (secondary N) is 1. The van der Waals surface area contributed by atoms with Crippen molar-refractivity contribution in [1.29, 1.82) is 0 Å². The normalized spacial score (nSPS) is 11.9. The highest BCUT2D eigenvalue weighted by atomic mass is 16.2. The molecule has 1 atom stereocenters. The molecule has 1 rings (SSSR count). The largest absolute Gasteiger partial charge is 0.359 e. The Balaban J connectivity index is 2.56. The van der Waals surface area contributed by atoms with Crippen LogP contribution in [0.15, 0.2) is 18.7 Å². The Bertz CT molecular complexity index is 361. The third kappa shape index (κ3) is 2.82. The summed E-state index contributed by atoms with van der Waals surface area (Å²) >= 11 is 0. The maximum atomic E-state index is 11.8. The van der Waals surface area contributed by atoms with Gasteiger partial charge in [0.2, 0.25) is 5.91 Å². The molecule has 1 aromatic heterocycles. The summed E-state index contributed by atoms with van der Waals surface area (Å²) in [6.07, 6.45) is 4.54. The van der Waals surface area contributed by atoms with Gasteiger partial charge in [0.1, 0.15) is 6.33 Å². The number of rotatable bonds is 3. The number of imidazole rings is 1. The summed E-state index contributed by atoms with van der Waals surface area (Å²) in [5.41, 5.74) is 0. The minimum absolute atomic E-state index is 0.0784. The number of carbonyl (C=O) groups excluding carboxylic acids is 2. The highest BCUT2D eigenvalue weighted by Crippen LogP contribution is 2.01. The van der Waals surface area contributed by atoms with Gasteiger partial charge in [0.15, 0.2) is 0 Å². The molecule has 2 amide bonds. The van der Waals surface area contributed by atoms with E-state index < -0.39 is 0 Å². The zero-order valence-corrected chi connectivity index (χ0v) is 9.67. The van der Waals surface area contributed by atoms with Crippen LogP contribution in [-0.4, -0.2) is 47.0 Å². The Labute approximate surface area is 94.3 Å². The van der Waals surface area contributed by atoms with E-state index in [-0.39, 0.29) is 17.9 Å². The molecule has 0 fully saturated rings. The zero-order valence-electron chi connectivity index (χ0n) is 9.67. The second-order valence-corrected chi connectivity index (χ2v) is 3.65. The average molecular weight is 224 g/mol. The second-order valence-electron chi connectivity index (χ2n) is 3.65. The van der Waals surface area contributed by atoms with Crippen LogP contribution < -0.4 is 5.32 Å². The van der Waals surface area contributed by atoms with Crippen molar-refractivity contribution in [3.63, 3.8) is 0 Å². The van der Waals surface area contributed by atoms with Gasteiger partial charge in [-0.1, -0.05) is 6.92 Å². The molecule has 1 aromatic rings. The summed E-state index contributed by atoms with van der Waals surface area (Å²) in [6.45, 7) is 2.15. The minimum Gasteiger partial charge on any atom is -0.359 e. The molecule has 0 aliphatic heterocycles. The summed E-state index contributed by atoms with van der Waals surface area (Å²) in [4.78, 5) is 28.3. The Hall–Kier alpha value is -1.85. The number of carbonyl (C=O) groups is 2. The first kappa shape index (κ1) is 12.2. The van der Waals surface area contributed by atoms with E-state index in [0.717, 1.165) is 0 Å². The van der Waals surface area contributed by atoms with Crippen LogP contribution >= 0.6 is 0 Å². The van der Waals surface area contributed by atoms with Crippen LogP contribution in [0.1, 0.15) is 6.92 Å². The van der Waals surface area contributed by atoms with Crippen LogP contribution in [0, 0.1) is 5.92 Å². The standard InChI is InChI=1S/C10H16N4O2/c1-8(9(15)11-2)6-13(3)10(16)14-5-4-12-7-14/h4-5,7-8H,6H2,1-3H3,(H,11,15). The molecule has 0 spiro atoms. The van der Waals surface area contributed by atoms with Gasteiger partial charge in [-0.25, -0.2) is 9.78 Å². The van der Waals surface area contributed by atoms with Crippen LogP contribution in [0.2, 0.25) is 0 Å². The quantitative estimate of drug-likeness (QED) is 0.795. The fourth-order valence-corrected chi connectivity index (χ4v) is 1.39. The van der Waals surface area contributed by atoms with Crippen molar-refractivity contribution in [3.05, 3.63) is 18.7 Å². The highest BCUT2D eigenvalue weighted by molar-refractivity contribution is 5.80. The van der Waals surface area contributed by atoms with Gasteiger partial charge in [-0.15, -0.1) is 0 Å². The van der Waals surface area contributed by atoms with Gasteiger partial charge in [-0.3, -0.25) is 9.36 Å². The molecule has 1 unspecified atom stereocenters. The fourth-order valence-electron chi connectivity index (χ4n) is 1.39. The lowest BCUT2D eigenvalue weighted by atomic mass is 10.1. The molecule has 0 saturated heterocycles. The van der Waals surface area contributed by atoms with E-state index in [0.29, 0.717) is 6.54 Å². The first-order valence-electron chi connectivity index (χ1n) is 5.01. The highest BCUT2D eigenvalue weighted by Gasteiger charge is 2.17. The maximum absolute atomic E-state index is 11.8. The smallest absolute Gasteiger partial charge is 0.329 e. The van der Waals surface area contributed by atoms with Crippen molar-refractivity contribution in [2.24, 2.45) is 5.92 Å². The first-order valence-corrected chi connectivity index (χ1v) is 5.01. The molecule has 0 aromatic carbocycles. The van der Waals surface area contributed by atoms with Gasteiger partial charge < -0.3 is 10.2 Å². The number of nitrogens with zero attached hydrogens (tertiary/aromatic N) is 3. The molecule has 0 bridgehead atoms. The van der Waals surface area contributed by atoms with Gasteiger partial charge in [-0.2, -0.15) is 0 Å². The monoisotopic (exact) mass is 224 g/mol. The van der Waals surface area contributed by atoms with E-state index in [1.807, 2.05) is 0 Å². The summed E-state index contributed by atoms with van der Waals surface area (Å²) in [7, 11) is 3.23. The molecular formula is C10H16N4O2. The predicted molar refractivity (Wildman–Crippen MR) is 58.9 cm³/mol. The third-order valence-electron chi connectivity index (χ3n) is 2.29. The van der Waals surface area contributed by atoms with E-state index in [4.69, 9.17) is 0 Å². The third-order valence-corrected chi connectivity index (χ3v) is 2.29. The summed E-state index contributed by atoms with van der Waals surface area (Å²) in [5.74, 6) is -0.312. The van der Waals surface area contributed by atoms with Crippen LogP contribution in [-0.2, 0) is 4.79 Å². The molecule has 1 heterocycles. The topological polar surface area (TPSA) is 67.2 Å². The van der Waals surface area contributed by atoms with E-state index in [2.05, 4.69) is 10.3 Å². The van der Waals surface area contributed by atoms with Crippen LogP contribution in [0.3, 0.4) is 0 Å². The number of hydrogen-bond donors (Lipinski definition) is 1. The molecule has 0 radical (unpaired) electrons. The van der Waals surface area contributed by atoms with Crippen molar-refractivity contribution in [2.45, 2.75) is 6.92 Å². The first-order chi connectivity index (χ1) is 7.56. The molecule has 6 heteroatoms. The predicted octanol–water partition coefficient (Wildman–Crippen LogP) is 0.165. The summed E-state index contributed by atoms with van der Waals surface area (Å²) in [6, 6.07) is -0.201. The van der Waals surface area contributed by atoms with Gasteiger partial charge in [0.25, 0.3) is 0 Å². The molecule has 0 aliphatic carbocycles. The van der Waals surface area contributed by atoms with Crippen molar-refractivity contribution in [1.82, 2.24) is 19.8 Å². The molecule has 1 N–H and O–H groups in total. The molecule has 16 heavy (non-hydrogen) atoms. The number of aromatic nitrogens is 2. The Kier molecular flexibility index (Phi) is 4.04. The SMILES string of the molecule is CNC(=O)C(C)CN(C)C(=O)n1ccnc1. The van der Waals surface area contributed by atoms with Crippen LogP contribution in [0.4, 0.5) is 4.79 Å². The van der Waals surface area contributed by atoms with Crippen molar-refractivity contribution in [2.75, 3.05) is 20.6 Å². The van der Waals surface area contributed by atoms with Gasteiger partial charge in [-0.05, 0) is 0 Å². The minimum atomic E-state index is -0.234. The van der Waals surface area contributed by atoms with Crippen LogP contribution in [0.5, 0.6) is 0 Å². The Morgan fingerprint density at radius 1 is 1.56 bits per heavy atom. The second kappa shape index (κ2) is 5.29. The zero-order chi connectivity index (χ0) is 12.1. The summed E-state index contributed by atoms with van der Waals surface area (Å²) in [5, 5.41) is 2.55. The lowest BCUT2D eigenvalue weighted by Crippen LogP contribution is -2.38. The maximum Gasteiger partial charge on any atom is 0.329 e. The van der Waals surface area contributed by atoms with Crippen molar-refractivity contribution >= 4 is 11.9 Å². The van der Waals surface area contributed by atoms with Crippen LogP contribution in [0.25, 0.3) is 0 Å². The number of hydrogen-bond acceptors (Lipinski definition) is 3. The fraction of sp³-hybridized carbons (Fsp3) is 0.500. The molecule has 88 valence electrons. The molecule has 0 aliphatic rings. The summed E-state index contributed by atoms with van der Waals surface area (Å²) < 4.78 is 1.37. The molecular weight excluding hydrogens is 208 g/mol. The van der Waals surface area contributed by atoms with E-state index in [9.17, 15) is 9.59 Å². The van der Waals surface area contributed by atoms with E-state index in [1.165, 1.54) is 22.0 Å². The van der Waals surface area contributed by atoms with Gasteiger partial charge in [0.05, 0.1) is 5.92 Å². The average Bonchev–Trinajstić information content (AvgIpc) is 2.79. The van der Waals surface area contributed by atoms with Gasteiger partial charge in [0, 0.05) is 33.0 Å². The molecule has 6 nitrogen and oxygen atoms in total. The molecule has 0 saturated carbocycles.